The van der Waals surface area contributed by atoms with E-state index in [9.17, 15) is 4.79 Å². The van der Waals surface area contributed by atoms with E-state index in [0.717, 1.165) is 11.1 Å². The molecule has 0 saturated heterocycles. The molecular weight excluding hydrogens is 386 g/mol. The van der Waals surface area contributed by atoms with Crippen molar-refractivity contribution in [2.24, 2.45) is 4.99 Å². The topological polar surface area (TPSA) is 90.4 Å². The van der Waals surface area contributed by atoms with Crippen LogP contribution < -0.4 is 29.8 Å². The third kappa shape index (κ3) is 4.23. The van der Waals surface area contributed by atoms with E-state index in [-0.39, 0.29) is 19.1 Å². The summed E-state index contributed by atoms with van der Waals surface area (Å²) in [5.41, 5.74) is 6.82. The van der Waals surface area contributed by atoms with Gasteiger partial charge in [0, 0.05) is 5.56 Å². The number of amides is 1. The van der Waals surface area contributed by atoms with Gasteiger partial charge in [-0.05, 0) is 35.9 Å². The lowest BCUT2D eigenvalue weighted by molar-refractivity contribution is -0.120. The monoisotopic (exact) mass is 405 g/mol. The number of nitrogens with one attached hydrogen (secondary N) is 2. The fourth-order valence-electron chi connectivity index (χ4n) is 2.67. The molecule has 9 heteroatoms. The molecule has 0 aliphatic carbocycles. The van der Waals surface area contributed by atoms with Crippen LogP contribution in [0.25, 0.3) is 0 Å². The number of benzene rings is 2. The Morgan fingerprint density at radius 1 is 1.00 bits per heavy atom. The van der Waals surface area contributed by atoms with Crippen molar-refractivity contribution in [3.8, 4) is 23.0 Å². The van der Waals surface area contributed by atoms with Gasteiger partial charge in [-0.3, -0.25) is 20.6 Å². The lowest BCUT2D eigenvalue weighted by atomic mass is 10.2. The van der Waals surface area contributed by atoms with Gasteiger partial charge in [0.2, 0.25) is 5.75 Å². The average molecular weight is 406 g/mol. The maximum absolute atomic E-state index is 11.2. The van der Waals surface area contributed by atoms with E-state index < -0.39 is 0 Å². The van der Waals surface area contributed by atoms with Gasteiger partial charge in [0.25, 0.3) is 5.91 Å². The summed E-state index contributed by atoms with van der Waals surface area (Å²) in [6, 6.07) is 8.89. The molecule has 1 heterocycles. The molecule has 2 aromatic carbocycles. The summed E-state index contributed by atoms with van der Waals surface area (Å²) in [4.78, 5) is 15.3. The van der Waals surface area contributed by atoms with Crippen molar-refractivity contribution >= 4 is 23.3 Å². The van der Waals surface area contributed by atoms with E-state index in [2.05, 4.69) is 15.8 Å². The number of ether oxygens (including phenoxy) is 4. The minimum atomic E-state index is -0.194. The fourth-order valence-corrected chi connectivity index (χ4v) is 2.90. The van der Waals surface area contributed by atoms with Gasteiger partial charge in [0.15, 0.2) is 11.5 Å². The first-order chi connectivity index (χ1) is 13.5. The number of amidine groups is 1. The molecule has 0 spiro atoms. The second kappa shape index (κ2) is 8.71. The fraction of sp³-hybridized carbons (Fsp3) is 0.263. The molecule has 28 heavy (non-hydrogen) atoms. The summed E-state index contributed by atoms with van der Waals surface area (Å²) in [6.07, 6.45) is 0. The minimum Gasteiger partial charge on any atom is -0.493 e. The van der Waals surface area contributed by atoms with Gasteiger partial charge in [-0.25, -0.2) is 0 Å². The lowest BCUT2D eigenvalue weighted by Crippen LogP contribution is -2.47. The zero-order valence-corrected chi connectivity index (χ0v) is 16.4. The second-order valence-electron chi connectivity index (χ2n) is 5.81. The smallest absolute Gasteiger partial charge is 0.260 e. The maximum atomic E-state index is 11.2. The Morgan fingerprint density at radius 3 is 2.25 bits per heavy atom. The van der Waals surface area contributed by atoms with E-state index in [1.54, 1.807) is 39.5 Å². The second-order valence-corrected chi connectivity index (χ2v) is 6.21. The van der Waals surface area contributed by atoms with Gasteiger partial charge in [-0.15, -0.1) is 0 Å². The van der Waals surface area contributed by atoms with E-state index in [1.165, 1.54) is 0 Å². The SMILES string of the molecule is COc1cc(COc2ccc(C3=NCC(=O)NN3)cc2Cl)cc(OC)c1OC. The van der Waals surface area contributed by atoms with Crippen LogP contribution in [0.15, 0.2) is 35.3 Å². The third-order valence-corrected chi connectivity index (χ3v) is 4.32. The molecule has 1 aliphatic heterocycles. The van der Waals surface area contributed by atoms with Crippen molar-refractivity contribution in [1.29, 1.82) is 0 Å². The molecule has 0 atom stereocenters. The molecular formula is C19H20ClN3O5. The van der Waals surface area contributed by atoms with Crippen molar-refractivity contribution in [3.05, 3.63) is 46.5 Å². The van der Waals surface area contributed by atoms with Gasteiger partial charge < -0.3 is 18.9 Å². The van der Waals surface area contributed by atoms with Crippen molar-refractivity contribution < 1.29 is 23.7 Å². The maximum Gasteiger partial charge on any atom is 0.260 e. The first kappa shape index (κ1) is 19.6. The summed E-state index contributed by atoms with van der Waals surface area (Å²) >= 11 is 6.34. The largest absolute Gasteiger partial charge is 0.493 e. The van der Waals surface area contributed by atoms with Crippen LogP contribution in [0, 0.1) is 0 Å². The van der Waals surface area contributed by atoms with Crippen LogP contribution in [-0.4, -0.2) is 39.6 Å². The Hall–Kier alpha value is -3.13. The van der Waals surface area contributed by atoms with Crippen LogP contribution in [0.2, 0.25) is 5.02 Å². The van der Waals surface area contributed by atoms with Gasteiger partial charge in [-0.1, -0.05) is 11.6 Å². The van der Waals surface area contributed by atoms with Crippen molar-refractivity contribution in [1.82, 2.24) is 10.9 Å². The number of hydrogen-bond acceptors (Lipinski definition) is 7. The first-order valence-electron chi connectivity index (χ1n) is 8.36. The van der Waals surface area contributed by atoms with Crippen molar-refractivity contribution in [3.63, 3.8) is 0 Å². The van der Waals surface area contributed by atoms with E-state index in [1.807, 2.05) is 12.1 Å². The van der Waals surface area contributed by atoms with Crippen molar-refractivity contribution in [2.45, 2.75) is 6.61 Å². The molecule has 0 bridgehead atoms. The minimum absolute atomic E-state index is 0.0688. The number of rotatable bonds is 7. The van der Waals surface area contributed by atoms with Gasteiger partial charge in [0.05, 0.1) is 26.4 Å². The Morgan fingerprint density at radius 2 is 1.71 bits per heavy atom. The van der Waals surface area contributed by atoms with Crippen LogP contribution in [-0.2, 0) is 11.4 Å². The summed E-state index contributed by atoms with van der Waals surface area (Å²) in [7, 11) is 4.67. The molecule has 0 unspecified atom stereocenters. The van der Waals surface area contributed by atoms with Crippen LogP contribution >= 0.6 is 11.6 Å². The molecule has 1 amide bonds. The highest BCUT2D eigenvalue weighted by Gasteiger charge is 2.15. The standard InChI is InChI=1S/C19H20ClN3O5/c1-25-15-6-11(7-16(26-2)18(15)27-3)10-28-14-5-4-12(8-13(14)20)19-21-9-17(24)22-23-19/h4-8H,9-10H2,1-3H3,(H,21,23)(H,22,24). The number of methoxy groups -OCH3 is 3. The number of aliphatic imine (C=N–C) groups is 1. The van der Waals surface area contributed by atoms with E-state index >= 15 is 0 Å². The Bertz CT molecular complexity index is 891. The Balaban J connectivity index is 1.75. The number of halogens is 1. The van der Waals surface area contributed by atoms with Gasteiger partial charge in [-0.2, -0.15) is 0 Å². The van der Waals surface area contributed by atoms with Crippen LogP contribution in [0.3, 0.4) is 0 Å². The summed E-state index contributed by atoms with van der Waals surface area (Å²) < 4.78 is 21.9. The first-order valence-corrected chi connectivity index (χ1v) is 8.74. The lowest BCUT2D eigenvalue weighted by Gasteiger charge is -2.17. The van der Waals surface area contributed by atoms with E-state index in [0.29, 0.717) is 33.9 Å². The van der Waals surface area contributed by atoms with Gasteiger partial charge >= 0.3 is 0 Å². The van der Waals surface area contributed by atoms with Crippen LogP contribution in [0.4, 0.5) is 0 Å². The predicted molar refractivity (Wildman–Crippen MR) is 105 cm³/mol. The Labute approximate surface area is 167 Å². The van der Waals surface area contributed by atoms with E-state index in [4.69, 9.17) is 30.5 Å². The number of carbonyl (C=O) groups excluding carboxylic acids is 1. The zero-order chi connectivity index (χ0) is 20.1. The molecule has 0 radical (unpaired) electrons. The molecule has 2 aromatic rings. The van der Waals surface area contributed by atoms with Gasteiger partial charge in [0.1, 0.15) is 24.7 Å². The molecule has 2 N–H and O–H groups in total. The number of nitrogens with zero attached hydrogens (tertiary/aromatic N) is 1. The molecule has 1 aliphatic rings. The third-order valence-electron chi connectivity index (χ3n) is 4.03. The quantitative estimate of drug-likeness (QED) is 0.734. The predicted octanol–water partition coefficient (Wildman–Crippen LogP) is 2.33. The zero-order valence-electron chi connectivity index (χ0n) is 15.7. The molecule has 0 fully saturated rings. The van der Waals surface area contributed by atoms with Crippen molar-refractivity contribution in [2.75, 3.05) is 27.9 Å². The molecule has 0 saturated carbocycles. The summed E-state index contributed by atoms with van der Waals surface area (Å²) in [6.45, 7) is 0.324. The molecule has 8 nitrogen and oxygen atoms in total. The summed E-state index contributed by atoms with van der Waals surface area (Å²) in [5.74, 6) is 2.47. The molecule has 148 valence electrons. The Kier molecular flexibility index (Phi) is 6.10. The highest BCUT2D eigenvalue weighted by atomic mass is 35.5. The highest BCUT2D eigenvalue weighted by Crippen LogP contribution is 2.38. The summed E-state index contributed by atoms with van der Waals surface area (Å²) in [5, 5.41) is 0.423. The number of hydrazine groups is 1. The normalized spacial score (nSPS) is 13.1. The molecule has 0 aromatic heterocycles. The van der Waals surface area contributed by atoms with Crippen LogP contribution in [0.5, 0.6) is 23.0 Å². The van der Waals surface area contributed by atoms with Crippen LogP contribution in [0.1, 0.15) is 11.1 Å². The number of carbonyl (C=O) groups is 1. The molecule has 3 rings (SSSR count). The highest BCUT2D eigenvalue weighted by molar-refractivity contribution is 6.32. The number of hydrogen-bond donors (Lipinski definition) is 2. The average Bonchev–Trinajstić information content (AvgIpc) is 2.72.